The number of carbonyl (C=O) groups is 2. The zero-order valence-electron chi connectivity index (χ0n) is 26.3. The highest BCUT2D eigenvalue weighted by Gasteiger charge is 2.33. The fraction of sp³-hybridized carbons (Fsp3) is 0.412. The molecule has 0 aromatic heterocycles. The first kappa shape index (κ1) is 33.6. The molecule has 1 unspecified atom stereocenters. The van der Waals surface area contributed by atoms with Gasteiger partial charge < -0.3 is 15.0 Å². The number of nitrogens with zero attached hydrogens (tertiary/aromatic N) is 2. The molecule has 1 N–H and O–H groups in total. The second-order valence-electron chi connectivity index (χ2n) is 12.3. The molecule has 9 heteroatoms. The Balaban J connectivity index is 2.06. The van der Waals surface area contributed by atoms with E-state index in [-0.39, 0.29) is 30.2 Å². The third kappa shape index (κ3) is 9.85. The lowest BCUT2D eigenvalue weighted by Crippen LogP contribution is -2.53. The Hall–Kier alpha value is -3.85. The Labute approximate surface area is 257 Å². The Kier molecular flexibility index (Phi) is 11.4. The van der Waals surface area contributed by atoms with Crippen molar-refractivity contribution in [2.24, 2.45) is 5.92 Å². The molecule has 3 aromatic rings. The molecule has 0 aliphatic rings. The molecule has 0 spiro atoms. The van der Waals surface area contributed by atoms with Crippen LogP contribution < -0.4 is 14.4 Å². The van der Waals surface area contributed by atoms with E-state index in [0.29, 0.717) is 18.0 Å². The van der Waals surface area contributed by atoms with E-state index in [1.165, 1.54) is 4.90 Å². The molecule has 0 bridgehead atoms. The van der Waals surface area contributed by atoms with Gasteiger partial charge >= 0.3 is 0 Å². The average Bonchev–Trinajstić information content (AvgIpc) is 2.96. The van der Waals surface area contributed by atoms with Crippen molar-refractivity contribution in [3.63, 3.8) is 0 Å². The third-order valence-electron chi connectivity index (χ3n) is 7.14. The molecule has 1 atom stereocenters. The van der Waals surface area contributed by atoms with Crippen LogP contribution in [0.25, 0.3) is 0 Å². The predicted octanol–water partition coefficient (Wildman–Crippen LogP) is 5.17. The van der Waals surface area contributed by atoms with Gasteiger partial charge in [-0.1, -0.05) is 89.2 Å². The number of amides is 2. The van der Waals surface area contributed by atoms with Crippen LogP contribution in [0.15, 0.2) is 78.9 Å². The normalized spacial score (nSPS) is 12.5. The maximum atomic E-state index is 14.2. The van der Waals surface area contributed by atoms with Crippen LogP contribution in [0.1, 0.15) is 51.3 Å². The topological polar surface area (TPSA) is 96.0 Å². The van der Waals surface area contributed by atoms with E-state index in [4.69, 9.17) is 4.74 Å². The molecule has 43 heavy (non-hydrogen) atoms. The highest BCUT2D eigenvalue weighted by Crippen LogP contribution is 2.27. The van der Waals surface area contributed by atoms with Gasteiger partial charge in [0.15, 0.2) is 0 Å². The number of sulfonamides is 1. The smallest absolute Gasteiger partial charge is 0.244 e. The summed E-state index contributed by atoms with van der Waals surface area (Å²) in [4.78, 5) is 29.5. The summed E-state index contributed by atoms with van der Waals surface area (Å²) in [6.45, 7) is 10.3. The van der Waals surface area contributed by atoms with Crippen molar-refractivity contribution < 1.29 is 22.7 Å². The second kappa shape index (κ2) is 14.6. The van der Waals surface area contributed by atoms with E-state index in [1.54, 1.807) is 25.3 Å². The van der Waals surface area contributed by atoms with E-state index in [2.05, 4.69) is 26.1 Å². The number of hydrogen-bond donors (Lipinski definition) is 1. The molecule has 2 amide bonds. The minimum atomic E-state index is -3.84. The fourth-order valence-electron chi connectivity index (χ4n) is 4.69. The molecule has 3 rings (SSSR count). The molecule has 8 nitrogen and oxygen atoms in total. The van der Waals surface area contributed by atoms with E-state index in [9.17, 15) is 18.0 Å². The maximum absolute atomic E-state index is 14.2. The first-order valence-electron chi connectivity index (χ1n) is 14.5. The largest absolute Gasteiger partial charge is 0.497 e. The highest BCUT2D eigenvalue weighted by molar-refractivity contribution is 7.92. The Morgan fingerprint density at radius 1 is 0.907 bits per heavy atom. The Morgan fingerprint density at radius 3 is 2.09 bits per heavy atom. The number of ether oxygens (including phenoxy) is 1. The van der Waals surface area contributed by atoms with Gasteiger partial charge in [-0.2, -0.15) is 0 Å². The molecule has 0 heterocycles. The number of methoxy groups -OCH3 is 1. The van der Waals surface area contributed by atoms with Gasteiger partial charge in [-0.05, 0) is 52.3 Å². The summed E-state index contributed by atoms with van der Waals surface area (Å²) in [7, 11) is -2.28. The van der Waals surface area contributed by atoms with Gasteiger partial charge in [-0.15, -0.1) is 0 Å². The van der Waals surface area contributed by atoms with E-state index < -0.39 is 28.5 Å². The number of hydrogen-bond acceptors (Lipinski definition) is 5. The lowest BCUT2D eigenvalue weighted by Gasteiger charge is -2.34. The number of anilines is 1. The number of benzene rings is 3. The summed E-state index contributed by atoms with van der Waals surface area (Å²) in [5.41, 5.74) is 2.94. The molecule has 0 saturated heterocycles. The fourth-order valence-corrected chi connectivity index (χ4v) is 5.54. The molecule has 0 aliphatic heterocycles. The van der Waals surface area contributed by atoms with Gasteiger partial charge in [0.2, 0.25) is 21.8 Å². The first-order valence-corrected chi connectivity index (χ1v) is 16.4. The van der Waals surface area contributed by atoms with Gasteiger partial charge in [0.05, 0.1) is 19.1 Å². The molecule has 3 aromatic carbocycles. The minimum absolute atomic E-state index is 0.0865. The van der Waals surface area contributed by atoms with E-state index >= 15 is 0 Å². The Bertz CT molecular complexity index is 1470. The van der Waals surface area contributed by atoms with Crippen molar-refractivity contribution in [2.75, 3.05) is 30.8 Å². The molecule has 0 aliphatic carbocycles. The number of carbonyl (C=O) groups excluding carboxylic acids is 2. The zero-order valence-corrected chi connectivity index (χ0v) is 27.1. The quantitative estimate of drug-likeness (QED) is 0.289. The van der Waals surface area contributed by atoms with Gasteiger partial charge in [0.1, 0.15) is 18.3 Å². The summed E-state index contributed by atoms with van der Waals surface area (Å²) < 4.78 is 32.6. The molecule has 0 saturated carbocycles. The van der Waals surface area contributed by atoms with Gasteiger partial charge in [-0.3, -0.25) is 13.9 Å². The van der Waals surface area contributed by atoms with Gasteiger partial charge in [0, 0.05) is 19.5 Å². The maximum Gasteiger partial charge on any atom is 0.244 e. The van der Waals surface area contributed by atoms with Gasteiger partial charge in [-0.25, -0.2) is 8.42 Å². The van der Waals surface area contributed by atoms with Crippen LogP contribution in [-0.4, -0.2) is 57.6 Å². The van der Waals surface area contributed by atoms with Crippen molar-refractivity contribution in [1.29, 1.82) is 0 Å². The predicted molar refractivity (Wildman–Crippen MR) is 173 cm³/mol. The minimum Gasteiger partial charge on any atom is -0.497 e. The lowest BCUT2D eigenvalue weighted by molar-refractivity contribution is -0.140. The van der Waals surface area contributed by atoms with E-state index in [1.807, 2.05) is 74.5 Å². The van der Waals surface area contributed by atoms with E-state index in [0.717, 1.165) is 27.3 Å². The summed E-state index contributed by atoms with van der Waals surface area (Å²) in [6.07, 6.45) is 1.35. The SMILES string of the molecule is COc1cccc(CN(C(=O)CN(c2ccc(C(C)(C)C)cc2)S(C)(=O)=O)C(Cc2ccccc2)C(=O)NCC(C)C)c1. The van der Waals surface area contributed by atoms with Crippen molar-refractivity contribution >= 4 is 27.5 Å². The van der Waals surface area contributed by atoms with Crippen LogP contribution in [0.3, 0.4) is 0 Å². The van der Waals surface area contributed by atoms with Crippen LogP contribution in [0, 0.1) is 5.92 Å². The van der Waals surface area contributed by atoms with Crippen LogP contribution in [-0.2, 0) is 38.0 Å². The van der Waals surface area contributed by atoms with Crippen LogP contribution in [0.5, 0.6) is 5.75 Å². The summed E-state index contributed by atoms with van der Waals surface area (Å²) >= 11 is 0. The molecule has 0 fully saturated rings. The average molecular weight is 608 g/mol. The summed E-state index contributed by atoms with van der Waals surface area (Å²) in [6, 6.07) is 23.1. The molecular formula is C34H45N3O5S. The molecule has 232 valence electrons. The van der Waals surface area contributed by atoms with Crippen molar-refractivity contribution in [3.8, 4) is 5.75 Å². The monoisotopic (exact) mass is 607 g/mol. The molecular weight excluding hydrogens is 562 g/mol. The standard InChI is InChI=1S/C34H45N3O5S/c1-25(2)22-35-33(39)31(21-26-12-9-8-10-13-26)36(23-27-14-11-15-30(20-27)42-6)32(38)24-37(43(7,40)41)29-18-16-28(17-19-29)34(3,4)5/h8-20,25,31H,21-24H2,1-7H3,(H,35,39). The summed E-state index contributed by atoms with van der Waals surface area (Å²) in [5.74, 6) is 0.0362. The summed E-state index contributed by atoms with van der Waals surface area (Å²) in [5, 5.41) is 2.99. The number of rotatable bonds is 13. The Morgan fingerprint density at radius 2 is 1.53 bits per heavy atom. The first-order chi connectivity index (χ1) is 20.2. The van der Waals surface area contributed by atoms with Gasteiger partial charge in [0.25, 0.3) is 0 Å². The molecule has 0 radical (unpaired) electrons. The van der Waals surface area contributed by atoms with Crippen LogP contribution in [0.4, 0.5) is 5.69 Å². The highest BCUT2D eigenvalue weighted by atomic mass is 32.2. The van der Waals surface area contributed by atoms with Crippen molar-refractivity contribution in [3.05, 3.63) is 95.6 Å². The van der Waals surface area contributed by atoms with Crippen molar-refractivity contribution in [1.82, 2.24) is 10.2 Å². The second-order valence-corrected chi connectivity index (χ2v) is 14.2. The van der Waals surface area contributed by atoms with Crippen molar-refractivity contribution in [2.45, 2.75) is 59.0 Å². The number of nitrogens with one attached hydrogen (secondary N) is 1. The third-order valence-corrected chi connectivity index (χ3v) is 8.28. The zero-order chi connectivity index (χ0) is 31.8. The van der Waals surface area contributed by atoms with Crippen LogP contribution in [0.2, 0.25) is 0 Å². The lowest BCUT2D eigenvalue weighted by atomic mass is 9.87. The van der Waals surface area contributed by atoms with Crippen LogP contribution >= 0.6 is 0 Å².